The van der Waals surface area contributed by atoms with Gasteiger partial charge in [0.25, 0.3) is 5.91 Å². The van der Waals surface area contributed by atoms with Gasteiger partial charge in [-0.05, 0) is 30.9 Å². The smallest absolute Gasteiger partial charge is 0.270 e. The Hall–Kier alpha value is -2.63. The Morgan fingerprint density at radius 1 is 1.43 bits per heavy atom. The summed E-state index contributed by atoms with van der Waals surface area (Å²) in [6.07, 6.45) is 7.88. The van der Waals surface area contributed by atoms with E-state index in [4.69, 9.17) is 4.74 Å². The minimum atomic E-state index is -0.301. The molecule has 0 spiro atoms. The van der Waals surface area contributed by atoms with Gasteiger partial charge in [-0.1, -0.05) is 6.07 Å². The van der Waals surface area contributed by atoms with Crippen molar-refractivity contribution in [3.8, 4) is 5.75 Å². The van der Waals surface area contributed by atoms with Gasteiger partial charge in [-0.3, -0.25) is 14.6 Å². The summed E-state index contributed by atoms with van der Waals surface area (Å²) in [5.74, 6) is 0.0299. The van der Waals surface area contributed by atoms with E-state index in [2.05, 4.69) is 9.97 Å². The molecule has 1 fully saturated rings. The van der Waals surface area contributed by atoms with Crippen LogP contribution in [0.15, 0.2) is 41.6 Å². The zero-order valence-corrected chi connectivity index (χ0v) is 13.0. The Kier molecular flexibility index (Phi) is 4.41. The van der Waals surface area contributed by atoms with E-state index in [9.17, 15) is 9.59 Å². The van der Waals surface area contributed by atoms with E-state index in [1.807, 2.05) is 17.0 Å². The number of H-pyrrole nitrogens is 1. The topological polar surface area (TPSA) is 75.3 Å². The Morgan fingerprint density at radius 3 is 3.00 bits per heavy atom. The second-order valence-electron chi connectivity index (χ2n) is 5.58. The lowest BCUT2D eigenvalue weighted by molar-refractivity contribution is 0.0605. The van der Waals surface area contributed by atoms with E-state index >= 15 is 0 Å². The van der Waals surface area contributed by atoms with Crippen molar-refractivity contribution < 1.29 is 9.53 Å². The maximum absolute atomic E-state index is 12.8. The van der Waals surface area contributed by atoms with Crippen molar-refractivity contribution in [1.29, 1.82) is 0 Å². The highest BCUT2D eigenvalue weighted by Gasteiger charge is 2.29. The van der Waals surface area contributed by atoms with Crippen molar-refractivity contribution in [3.63, 3.8) is 0 Å². The number of ether oxygens (including phenoxy) is 1. The zero-order chi connectivity index (χ0) is 16.2. The van der Waals surface area contributed by atoms with Crippen LogP contribution in [-0.2, 0) is 0 Å². The number of carbonyl (C=O) groups excluding carboxylic acids is 1. The van der Waals surface area contributed by atoms with Gasteiger partial charge < -0.3 is 14.6 Å². The maximum atomic E-state index is 12.8. The number of nitrogens with zero attached hydrogens (tertiary/aromatic N) is 2. The molecule has 2 aromatic rings. The van der Waals surface area contributed by atoms with Crippen molar-refractivity contribution in [2.24, 2.45) is 0 Å². The average Bonchev–Trinajstić information content (AvgIpc) is 2.62. The molecular weight excluding hydrogens is 294 g/mol. The van der Waals surface area contributed by atoms with Crippen LogP contribution in [0.1, 0.15) is 41.4 Å². The van der Waals surface area contributed by atoms with Crippen LogP contribution in [0, 0.1) is 0 Å². The zero-order valence-electron chi connectivity index (χ0n) is 13.0. The predicted octanol–water partition coefficient (Wildman–Crippen LogP) is 2.15. The molecule has 1 amide bonds. The lowest BCUT2D eigenvalue weighted by Gasteiger charge is -2.35. The molecule has 23 heavy (non-hydrogen) atoms. The first kappa shape index (κ1) is 15.3. The summed E-state index contributed by atoms with van der Waals surface area (Å²) in [6.45, 7) is 0.673. The number of piperidine rings is 1. The van der Waals surface area contributed by atoms with Crippen LogP contribution >= 0.6 is 0 Å². The minimum absolute atomic E-state index is 0.00412. The number of hydrogen-bond donors (Lipinski definition) is 1. The standard InChI is InChI=1S/C17H19N3O3/c1-23-16-11-19-13(9-15(16)21)17(22)20-8-3-2-6-14(20)12-5-4-7-18-10-12/h4-5,7,9-11,14H,2-3,6,8H2,1H3,(H,19,21)/t14-/m1/s1. The normalized spacial score (nSPS) is 17.8. The van der Waals surface area contributed by atoms with Crippen LogP contribution in [-0.4, -0.2) is 34.4 Å². The Morgan fingerprint density at radius 2 is 2.30 bits per heavy atom. The van der Waals surface area contributed by atoms with E-state index in [0.717, 1.165) is 24.8 Å². The molecule has 1 N–H and O–H groups in total. The van der Waals surface area contributed by atoms with Gasteiger partial charge in [0.1, 0.15) is 5.69 Å². The number of amides is 1. The monoisotopic (exact) mass is 313 g/mol. The fourth-order valence-corrected chi connectivity index (χ4v) is 2.99. The average molecular weight is 313 g/mol. The van der Waals surface area contributed by atoms with Crippen LogP contribution in [0.2, 0.25) is 0 Å². The summed E-state index contributed by atoms with van der Waals surface area (Å²) < 4.78 is 4.94. The number of methoxy groups -OCH3 is 1. The predicted molar refractivity (Wildman–Crippen MR) is 85.5 cm³/mol. The summed E-state index contributed by atoms with van der Waals surface area (Å²) in [7, 11) is 1.43. The van der Waals surface area contributed by atoms with E-state index in [-0.39, 0.29) is 28.8 Å². The molecule has 2 aromatic heterocycles. The van der Waals surface area contributed by atoms with Crippen molar-refractivity contribution in [2.45, 2.75) is 25.3 Å². The molecule has 1 aliphatic rings. The molecule has 6 nitrogen and oxygen atoms in total. The fourth-order valence-electron chi connectivity index (χ4n) is 2.99. The highest BCUT2D eigenvalue weighted by atomic mass is 16.5. The summed E-state index contributed by atoms with van der Waals surface area (Å²) in [5, 5.41) is 0. The van der Waals surface area contributed by atoms with Gasteiger partial charge in [0, 0.05) is 31.2 Å². The first-order valence-corrected chi connectivity index (χ1v) is 7.68. The van der Waals surface area contributed by atoms with Gasteiger partial charge >= 0.3 is 0 Å². The second-order valence-corrected chi connectivity index (χ2v) is 5.58. The van der Waals surface area contributed by atoms with Crippen LogP contribution < -0.4 is 10.2 Å². The largest absolute Gasteiger partial charge is 0.491 e. The molecule has 3 heterocycles. The molecule has 0 saturated carbocycles. The Labute approximate surface area is 134 Å². The van der Waals surface area contributed by atoms with Crippen molar-refractivity contribution >= 4 is 5.91 Å². The highest BCUT2D eigenvalue weighted by molar-refractivity contribution is 5.92. The molecule has 0 radical (unpaired) electrons. The van der Waals surface area contributed by atoms with Crippen LogP contribution in [0.3, 0.4) is 0 Å². The summed E-state index contributed by atoms with van der Waals surface area (Å²) in [4.78, 5) is 33.5. The fraction of sp³-hybridized carbons (Fsp3) is 0.353. The summed E-state index contributed by atoms with van der Waals surface area (Å²) in [5.41, 5.74) is 1.01. The number of aromatic nitrogens is 2. The van der Waals surface area contributed by atoms with Crippen molar-refractivity contribution in [1.82, 2.24) is 14.9 Å². The maximum Gasteiger partial charge on any atom is 0.270 e. The van der Waals surface area contributed by atoms with E-state index in [1.54, 1.807) is 12.4 Å². The molecule has 0 aliphatic carbocycles. The third-order valence-corrected chi connectivity index (χ3v) is 4.16. The Bertz CT molecular complexity index is 742. The molecule has 0 unspecified atom stereocenters. The van der Waals surface area contributed by atoms with Crippen molar-refractivity contribution in [3.05, 3.63) is 58.3 Å². The van der Waals surface area contributed by atoms with Crippen LogP contribution in [0.4, 0.5) is 0 Å². The van der Waals surface area contributed by atoms with E-state index in [1.165, 1.54) is 19.4 Å². The molecule has 3 rings (SSSR count). The molecular formula is C17H19N3O3. The van der Waals surface area contributed by atoms with Gasteiger partial charge in [0.15, 0.2) is 5.75 Å². The Balaban J connectivity index is 1.90. The second kappa shape index (κ2) is 6.64. The molecule has 6 heteroatoms. The highest BCUT2D eigenvalue weighted by Crippen LogP contribution is 2.31. The van der Waals surface area contributed by atoms with E-state index in [0.29, 0.717) is 6.54 Å². The van der Waals surface area contributed by atoms with Gasteiger partial charge in [-0.2, -0.15) is 0 Å². The van der Waals surface area contributed by atoms with Crippen LogP contribution in [0.25, 0.3) is 0 Å². The lowest BCUT2D eigenvalue weighted by Crippen LogP contribution is -2.39. The first-order valence-electron chi connectivity index (χ1n) is 7.68. The molecule has 0 aromatic carbocycles. The van der Waals surface area contributed by atoms with Gasteiger partial charge in [0.05, 0.1) is 13.2 Å². The number of rotatable bonds is 3. The quantitative estimate of drug-likeness (QED) is 0.942. The molecule has 120 valence electrons. The number of aromatic amines is 1. The molecule has 1 saturated heterocycles. The third-order valence-electron chi connectivity index (χ3n) is 4.16. The number of nitrogens with one attached hydrogen (secondary N) is 1. The first-order chi connectivity index (χ1) is 11.2. The molecule has 1 aliphatic heterocycles. The number of pyridine rings is 2. The number of hydrogen-bond acceptors (Lipinski definition) is 4. The van der Waals surface area contributed by atoms with Gasteiger partial charge in [0.2, 0.25) is 5.43 Å². The lowest BCUT2D eigenvalue weighted by atomic mass is 9.96. The third kappa shape index (κ3) is 3.11. The summed E-state index contributed by atoms with van der Waals surface area (Å²) >= 11 is 0. The molecule has 1 atom stereocenters. The van der Waals surface area contributed by atoms with Gasteiger partial charge in [-0.15, -0.1) is 0 Å². The SMILES string of the molecule is COc1c[nH]c(C(=O)N2CCCC[C@@H]2c2cccnc2)cc1=O. The van der Waals surface area contributed by atoms with Crippen molar-refractivity contribution in [2.75, 3.05) is 13.7 Å². The molecule has 0 bridgehead atoms. The van der Waals surface area contributed by atoms with E-state index < -0.39 is 0 Å². The minimum Gasteiger partial charge on any atom is -0.491 e. The van der Waals surface area contributed by atoms with Gasteiger partial charge in [-0.25, -0.2) is 0 Å². The number of likely N-dealkylation sites (tertiary alicyclic amines) is 1. The van der Waals surface area contributed by atoms with Crippen LogP contribution in [0.5, 0.6) is 5.75 Å². The number of carbonyl (C=O) groups is 1. The summed E-state index contributed by atoms with van der Waals surface area (Å²) in [6, 6.07) is 5.16.